The van der Waals surface area contributed by atoms with Crippen LogP contribution in [0.15, 0.2) is 0 Å². The molecule has 0 saturated carbocycles. The summed E-state index contributed by atoms with van der Waals surface area (Å²) in [6, 6.07) is 0. The monoisotopic (exact) mass is 1520 g/mol. The van der Waals surface area contributed by atoms with E-state index in [0.29, 0.717) is 25.7 Å². The van der Waals surface area contributed by atoms with E-state index in [1.807, 2.05) is 0 Å². The molecule has 0 fully saturated rings. The molecule has 104 heavy (non-hydrogen) atoms. The van der Waals surface area contributed by atoms with Gasteiger partial charge in [-0.2, -0.15) is 0 Å². The van der Waals surface area contributed by atoms with Crippen LogP contribution < -0.4 is 0 Å². The molecule has 3 unspecified atom stereocenters. The topological polar surface area (TPSA) is 237 Å². The standard InChI is InChI=1S/C85H166O17P2/c1-8-10-11-12-13-14-15-16-17-18-19-20-23-30-35-40-45-54-61-68-84(89)101-80(72-95-82(87)66-59-52-44-39-34-29-24-21-22-27-32-37-42-49-56-63-76(3)4)74-99-103(91,92)97-70-79(86)71-98-104(93,94)100-75-81(73-96-83(88)67-60-53-48-47-51-58-65-78(7)9-2)102-85(90)69-62-55-46-41-36-31-26-25-28-33-38-43-50-57-64-77(5)6/h76-81,86H,8-75H2,1-7H3,(H,91,92)(H,93,94)/t78?,79-,80-,81-/m1/s1. The molecule has 0 heterocycles. The zero-order valence-corrected chi connectivity index (χ0v) is 70.3. The molecule has 3 N–H and O–H groups in total. The van der Waals surface area contributed by atoms with Crippen molar-refractivity contribution in [3.05, 3.63) is 0 Å². The summed E-state index contributed by atoms with van der Waals surface area (Å²) in [6.07, 6.45) is 65.3. The van der Waals surface area contributed by atoms with Crippen molar-refractivity contribution in [1.82, 2.24) is 0 Å². The van der Waals surface area contributed by atoms with Crippen molar-refractivity contribution in [2.45, 2.75) is 465 Å². The van der Waals surface area contributed by atoms with Crippen molar-refractivity contribution in [3.8, 4) is 0 Å². The van der Waals surface area contributed by atoms with E-state index in [9.17, 15) is 43.2 Å². The van der Waals surface area contributed by atoms with E-state index < -0.39 is 97.5 Å². The van der Waals surface area contributed by atoms with E-state index >= 15 is 0 Å². The van der Waals surface area contributed by atoms with Crippen LogP contribution in [0, 0.1) is 17.8 Å². The summed E-state index contributed by atoms with van der Waals surface area (Å²) in [5.74, 6) is 0.226. The largest absolute Gasteiger partial charge is 0.472 e. The van der Waals surface area contributed by atoms with Crippen LogP contribution in [-0.4, -0.2) is 96.7 Å². The van der Waals surface area contributed by atoms with Crippen molar-refractivity contribution in [2.75, 3.05) is 39.6 Å². The van der Waals surface area contributed by atoms with Crippen LogP contribution in [0.3, 0.4) is 0 Å². The number of phosphoric ester groups is 2. The Bertz CT molecular complexity index is 2010. The lowest BCUT2D eigenvalue weighted by Crippen LogP contribution is -2.30. The zero-order chi connectivity index (χ0) is 76.5. The molecule has 17 nitrogen and oxygen atoms in total. The fourth-order valence-electron chi connectivity index (χ4n) is 13.2. The molecule has 0 aliphatic rings. The third-order valence-electron chi connectivity index (χ3n) is 20.2. The molecule has 618 valence electrons. The van der Waals surface area contributed by atoms with E-state index in [0.717, 1.165) is 114 Å². The van der Waals surface area contributed by atoms with Gasteiger partial charge in [0.15, 0.2) is 12.2 Å². The first-order chi connectivity index (χ1) is 50.3. The Morgan fingerprint density at radius 3 is 0.731 bits per heavy atom. The molecule has 0 aliphatic heterocycles. The summed E-state index contributed by atoms with van der Waals surface area (Å²) in [7, 11) is -9.93. The van der Waals surface area contributed by atoms with Crippen molar-refractivity contribution >= 4 is 39.5 Å². The smallest absolute Gasteiger partial charge is 0.462 e. The molecule has 0 aromatic carbocycles. The van der Waals surface area contributed by atoms with Crippen molar-refractivity contribution in [3.63, 3.8) is 0 Å². The number of aliphatic hydroxyl groups is 1. The number of ether oxygens (including phenoxy) is 4. The van der Waals surface area contributed by atoms with Gasteiger partial charge >= 0.3 is 39.5 Å². The second-order valence-electron chi connectivity index (χ2n) is 31.8. The van der Waals surface area contributed by atoms with Crippen molar-refractivity contribution in [2.24, 2.45) is 17.8 Å². The average molecular weight is 1520 g/mol. The number of aliphatic hydroxyl groups excluding tert-OH is 1. The highest BCUT2D eigenvalue weighted by Gasteiger charge is 2.30. The summed E-state index contributed by atoms with van der Waals surface area (Å²) < 4.78 is 68.9. The maximum atomic E-state index is 13.1. The van der Waals surface area contributed by atoms with Gasteiger partial charge in [-0.3, -0.25) is 37.3 Å². The van der Waals surface area contributed by atoms with Crippen LogP contribution in [0.2, 0.25) is 0 Å². The van der Waals surface area contributed by atoms with E-state index in [1.54, 1.807) is 0 Å². The second-order valence-corrected chi connectivity index (χ2v) is 34.7. The Morgan fingerprint density at radius 2 is 0.490 bits per heavy atom. The predicted molar refractivity (Wildman–Crippen MR) is 428 cm³/mol. The van der Waals surface area contributed by atoms with Crippen LogP contribution in [-0.2, 0) is 65.4 Å². The molecule has 0 aromatic heterocycles. The maximum Gasteiger partial charge on any atom is 0.472 e. The first-order valence-electron chi connectivity index (χ1n) is 43.9. The van der Waals surface area contributed by atoms with Gasteiger partial charge < -0.3 is 33.8 Å². The summed E-state index contributed by atoms with van der Waals surface area (Å²) in [5, 5.41) is 10.7. The third kappa shape index (κ3) is 76.8. The molecular weight excluding hydrogens is 1350 g/mol. The van der Waals surface area contributed by atoms with Crippen LogP contribution >= 0.6 is 15.6 Å². The van der Waals surface area contributed by atoms with Gasteiger partial charge in [0.05, 0.1) is 26.4 Å². The number of esters is 4. The molecule has 0 saturated heterocycles. The number of carbonyl (C=O) groups excluding carboxylic acids is 4. The normalized spacial score (nSPS) is 14.2. The van der Waals surface area contributed by atoms with E-state index in [4.69, 9.17) is 37.0 Å². The highest BCUT2D eigenvalue weighted by atomic mass is 31.2. The Hall–Kier alpha value is -1.94. The number of hydrogen-bond donors (Lipinski definition) is 3. The number of hydrogen-bond acceptors (Lipinski definition) is 15. The maximum absolute atomic E-state index is 13.1. The van der Waals surface area contributed by atoms with Gasteiger partial charge in [0.25, 0.3) is 0 Å². The molecule has 0 aromatic rings. The summed E-state index contributed by atoms with van der Waals surface area (Å²) in [5.41, 5.74) is 0. The Balaban J connectivity index is 5.24. The van der Waals surface area contributed by atoms with Crippen LogP contribution in [0.4, 0.5) is 0 Å². The van der Waals surface area contributed by atoms with Gasteiger partial charge in [0.1, 0.15) is 19.3 Å². The van der Waals surface area contributed by atoms with Gasteiger partial charge in [-0.15, -0.1) is 0 Å². The lowest BCUT2D eigenvalue weighted by atomic mass is 10.00. The van der Waals surface area contributed by atoms with Gasteiger partial charge in [-0.1, -0.05) is 395 Å². The Labute approximate surface area is 638 Å². The van der Waals surface area contributed by atoms with Gasteiger partial charge in [-0.05, 0) is 43.4 Å². The molecule has 0 aliphatic carbocycles. The second kappa shape index (κ2) is 75.1. The number of unbranched alkanes of at least 4 members (excludes halogenated alkanes) is 50. The van der Waals surface area contributed by atoms with E-state index in [-0.39, 0.29) is 25.7 Å². The first kappa shape index (κ1) is 102. The molecule has 0 bridgehead atoms. The minimum atomic E-state index is -4.97. The minimum absolute atomic E-state index is 0.107. The van der Waals surface area contributed by atoms with Crippen LogP contribution in [0.25, 0.3) is 0 Å². The quantitative estimate of drug-likeness (QED) is 0.0222. The van der Waals surface area contributed by atoms with Crippen molar-refractivity contribution in [1.29, 1.82) is 0 Å². The first-order valence-corrected chi connectivity index (χ1v) is 46.9. The summed E-state index contributed by atoms with van der Waals surface area (Å²) >= 11 is 0. The number of phosphoric acid groups is 2. The van der Waals surface area contributed by atoms with Crippen LogP contribution in [0.5, 0.6) is 0 Å². The summed E-state index contributed by atoms with van der Waals surface area (Å²) in [4.78, 5) is 73.2. The molecule has 0 amide bonds. The van der Waals surface area contributed by atoms with E-state index in [2.05, 4.69) is 48.5 Å². The molecular formula is C85H166O17P2. The van der Waals surface area contributed by atoms with Gasteiger partial charge in [0.2, 0.25) is 0 Å². The van der Waals surface area contributed by atoms with Gasteiger partial charge in [-0.25, -0.2) is 9.13 Å². The third-order valence-corrected chi connectivity index (χ3v) is 22.1. The molecule has 0 radical (unpaired) electrons. The van der Waals surface area contributed by atoms with Crippen molar-refractivity contribution < 1.29 is 80.2 Å². The molecule has 6 atom stereocenters. The lowest BCUT2D eigenvalue weighted by molar-refractivity contribution is -0.161. The minimum Gasteiger partial charge on any atom is -0.462 e. The summed E-state index contributed by atoms with van der Waals surface area (Å²) in [6.45, 7) is 12.0. The zero-order valence-electron chi connectivity index (χ0n) is 68.5. The highest BCUT2D eigenvalue weighted by Crippen LogP contribution is 2.45. The SMILES string of the molecule is CCCCCCCCCCCCCCCCCCCCCC(=O)O[C@H](COC(=O)CCCCCCCCCCCCCCCCCC(C)C)COP(=O)(O)OC[C@@H](O)COP(=O)(O)OC[C@@H](COC(=O)CCCCCCCCC(C)CC)OC(=O)CCCCCCCCCCCCCCCCC(C)C. The molecule has 0 spiro atoms. The predicted octanol–water partition coefficient (Wildman–Crippen LogP) is 25.7. The number of carbonyl (C=O) groups is 4. The number of rotatable bonds is 83. The lowest BCUT2D eigenvalue weighted by Gasteiger charge is -2.21. The average Bonchev–Trinajstić information content (AvgIpc) is 0.902. The molecule has 19 heteroatoms. The van der Waals surface area contributed by atoms with Gasteiger partial charge in [0, 0.05) is 25.7 Å². The molecule has 0 rings (SSSR count). The van der Waals surface area contributed by atoms with E-state index in [1.165, 1.54) is 250 Å². The Kier molecular flexibility index (Phi) is 73.7. The fraction of sp³-hybridized carbons (Fsp3) is 0.953. The highest BCUT2D eigenvalue weighted by molar-refractivity contribution is 7.47. The Morgan fingerprint density at radius 1 is 0.279 bits per heavy atom. The fourth-order valence-corrected chi connectivity index (χ4v) is 14.7. The van der Waals surface area contributed by atoms with Crippen LogP contribution in [0.1, 0.15) is 447 Å².